The number of rotatable bonds is 9. The molecule has 0 aliphatic carbocycles. The van der Waals surface area contributed by atoms with Crippen LogP contribution in [-0.4, -0.2) is 62.0 Å². The summed E-state index contributed by atoms with van der Waals surface area (Å²) in [5.41, 5.74) is 2.18. The number of benzene rings is 2. The quantitative estimate of drug-likeness (QED) is 0.370. The Balaban J connectivity index is 2.10. The molecule has 0 bridgehead atoms. The van der Waals surface area contributed by atoms with Crippen LogP contribution in [0.2, 0.25) is 0 Å². The predicted octanol–water partition coefficient (Wildman–Crippen LogP) is 3.62. The molecule has 0 saturated carbocycles. The summed E-state index contributed by atoms with van der Waals surface area (Å²) in [5.74, 6) is 1.45. The van der Waals surface area contributed by atoms with Crippen LogP contribution in [0, 0.1) is 10.1 Å². The van der Waals surface area contributed by atoms with Crippen molar-refractivity contribution in [3.63, 3.8) is 0 Å². The average Bonchev–Trinajstić information content (AvgIpc) is 3.25. The Labute approximate surface area is 181 Å². The molecule has 2 aromatic rings. The molecule has 1 unspecified atom stereocenters. The lowest BCUT2D eigenvalue weighted by molar-refractivity contribution is -0.385. The van der Waals surface area contributed by atoms with Gasteiger partial charge in [-0.1, -0.05) is 12.1 Å². The van der Waals surface area contributed by atoms with Crippen LogP contribution in [-0.2, 0) is 0 Å². The van der Waals surface area contributed by atoms with Gasteiger partial charge in [-0.3, -0.25) is 15.0 Å². The van der Waals surface area contributed by atoms with Crippen LogP contribution >= 0.6 is 0 Å². The van der Waals surface area contributed by atoms with Crippen molar-refractivity contribution in [2.24, 2.45) is 0 Å². The third-order valence-corrected chi connectivity index (χ3v) is 5.60. The van der Waals surface area contributed by atoms with Gasteiger partial charge in [-0.15, -0.1) is 0 Å². The first kappa shape index (κ1) is 22.6. The molecule has 2 aromatic carbocycles. The normalized spacial score (nSPS) is 16.9. The Morgan fingerprint density at radius 3 is 2.42 bits per heavy atom. The van der Waals surface area contributed by atoms with Gasteiger partial charge in [0.1, 0.15) is 5.75 Å². The smallest absolute Gasteiger partial charge is 0.280 e. The minimum atomic E-state index is -0.425. The number of nitro benzene ring substituents is 1. The molecule has 1 N–H and O–H groups in total. The Morgan fingerprint density at radius 1 is 1.16 bits per heavy atom. The fourth-order valence-electron chi connectivity index (χ4n) is 3.90. The molecule has 1 aliphatic heterocycles. The number of ether oxygens (including phenoxy) is 3. The molecule has 0 spiro atoms. The van der Waals surface area contributed by atoms with Crippen LogP contribution in [0.3, 0.4) is 0 Å². The fourth-order valence-corrected chi connectivity index (χ4v) is 3.90. The Kier molecular flexibility index (Phi) is 7.49. The highest BCUT2D eigenvalue weighted by atomic mass is 16.6. The lowest BCUT2D eigenvalue weighted by Crippen LogP contribution is -2.33. The predicted molar refractivity (Wildman–Crippen MR) is 119 cm³/mol. The van der Waals surface area contributed by atoms with Gasteiger partial charge in [-0.05, 0) is 54.8 Å². The van der Waals surface area contributed by atoms with Crippen LogP contribution < -0.4 is 14.2 Å². The van der Waals surface area contributed by atoms with Crippen molar-refractivity contribution < 1.29 is 24.2 Å². The lowest BCUT2D eigenvalue weighted by Gasteiger charge is -2.24. The van der Waals surface area contributed by atoms with Crippen molar-refractivity contribution in [1.82, 2.24) is 4.90 Å². The van der Waals surface area contributed by atoms with E-state index in [2.05, 4.69) is 4.90 Å². The van der Waals surface area contributed by atoms with Gasteiger partial charge in [0, 0.05) is 12.6 Å². The van der Waals surface area contributed by atoms with Crippen LogP contribution in [0.5, 0.6) is 17.2 Å². The Morgan fingerprint density at radius 2 is 1.84 bits per heavy atom. The zero-order chi connectivity index (χ0) is 22.4. The number of nitrogens with zero attached hydrogens (tertiary/aromatic N) is 2. The van der Waals surface area contributed by atoms with E-state index >= 15 is 0 Å². The maximum absolute atomic E-state index is 11.8. The van der Waals surface area contributed by atoms with Crippen molar-refractivity contribution in [2.45, 2.75) is 18.9 Å². The first-order valence-corrected chi connectivity index (χ1v) is 10.1. The molecule has 31 heavy (non-hydrogen) atoms. The van der Waals surface area contributed by atoms with E-state index in [1.165, 1.54) is 20.3 Å². The van der Waals surface area contributed by atoms with Crippen molar-refractivity contribution in [3.05, 3.63) is 57.6 Å². The minimum Gasteiger partial charge on any atom is -0.497 e. The number of aliphatic hydroxyl groups is 1. The second kappa shape index (κ2) is 10.3. The summed E-state index contributed by atoms with van der Waals surface area (Å²) >= 11 is 0. The van der Waals surface area contributed by atoms with Gasteiger partial charge < -0.3 is 19.3 Å². The summed E-state index contributed by atoms with van der Waals surface area (Å²) < 4.78 is 15.9. The van der Waals surface area contributed by atoms with E-state index in [4.69, 9.17) is 14.2 Å². The highest BCUT2D eigenvalue weighted by Gasteiger charge is 2.25. The van der Waals surface area contributed by atoms with Crippen LogP contribution in [0.15, 0.2) is 36.4 Å². The highest BCUT2D eigenvalue weighted by Crippen LogP contribution is 2.37. The molecular formula is C23H28N2O6. The van der Waals surface area contributed by atoms with Crippen molar-refractivity contribution in [2.75, 3.05) is 41.0 Å². The van der Waals surface area contributed by atoms with Crippen LogP contribution in [0.1, 0.15) is 24.0 Å². The van der Waals surface area contributed by atoms with E-state index in [1.807, 2.05) is 30.3 Å². The second-order valence-corrected chi connectivity index (χ2v) is 7.37. The third kappa shape index (κ3) is 5.15. The average molecular weight is 428 g/mol. The molecule has 1 atom stereocenters. The molecule has 1 heterocycles. The first-order chi connectivity index (χ1) is 15.0. The standard InChI is InChI=1S/C23H28N2O6/c1-29-20-8-6-16(7-9-20)18(14-24-10-4-5-19(24)15-26)11-17-12-22(30-2)23(31-3)13-21(17)25(27)28/h6-9,11-13,19,26H,4-5,10,14-15H2,1-3H3. The van der Waals surface area contributed by atoms with E-state index < -0.39 is 4.92 Å². The molecule has 8 nitrogen and oxygen atoms in total. The maximum atomic E-state index is 11.8. The lowest BCUT2D eigenvalue weighted by atomic mass is 10.0. The SMILES string of the molecule is COc1ccc(C(=Cc2cc(OC)c(OC)cc2[N+](=O)[O-])CN2CCCC2CO)cc1. The molecule has 8 heteroatoms. The van der Waals surface area contributed by atoms with E-state index in [0.29, 0.717) is 23.6 Å². The zero-order valence-corrected chi connectivity index (χ0v) is 18.0. The van der Waals surface area contributed by atoms with Crippen molar-refractivity contribution in [1.29, 1.82) is 0 Å². The molecule has 0 radical (unpaired) electrons. The largest absolute Gasteiger partial charge is 0.497 e. The molecule has 0 amide bonds. The zero-order valence-electron chi connectivity index (χ0n) is 18.0. The number of methoxy groups -OCH3 is 3. The Bertz CT molecular complexity index is 942. The molecule has 166 valence electrons. The van der Waals surface area contributed by atoms with Crippen molar-refractivity contribution in [3.8, 4) is 17.2 Å². The molecule has 3 rings (SSSR count). The minimum absolute atomic E-state index is 0.0659. The van der Waals surface area contributed by atoms with Gasteiger partial charge in [-0.25, -0.2) is 0 Å². The summed E-state index contributed by atoms with van der Waals surface area (Å²) in [5, 5.41) is 21.5. The third-order valence-electron chi connectivity index (χ3n) is 5.60. The van der Waals surface area contributed by atoms with Gasteiger partial charge in [0.25, 0.3) is 5.69 Å². The maximum Gasteiger partial charge on any atom is 0.280 e. The topological polar surface area (TPSA) is 94.3 Å². The number of hydrogen-bond acceptors (Lipinski definition) is 7. The number of nitro groups is 1. The molecule has 1 aliphatic rings. The van der Waals surface area contributed by atoms with E-state index in [9.17, 15) is 15.2 Å². The molecule has 1 fully saturated rings. The number of likely N-dealkylation sites (tertiary alicyclic amines) is 1. The highest BCUT2D eigenvalue weighted by molar-refractivity contribution is 5.86. The fraction of sp³-hybridized carbons (Fsp3) is 0.391. The summed E-state index contributed by atoms with van der Waals surface area (Å²) in [4.78, 5) is 13.5. The van der Waals surface area contributed by atoms with Gasteiger partial charge >= 0.3 is 0 Å². The van der Waals surface area contributed by atoms with Crippen molar-refractivity contribution >= 4 is 17.3 Å². The van der Waals surface area contributed by atoms with E-state index in [-0.39, 0.29) is 18.3 Å². The van der Waals surface area contributed by atoms with E-state index in [1.54, 1.807) is 13.2 Å². The second-order valence-electron chi connectivity index (χ2n) is 7.37. The van der Waals surface area contributed by atoms with Gasteiger partial charge in [0.15, 0.2) is 11.5 Å². The summed E-state index contributed by atoms with van der Waals surface area (Å²) in [6.45, 7) is 1.52. The van der Waals surface area contributed by atoms with Gasteiger partial charge in [-0.2, -0.15) is 0 Å². The number of aliphatic hydroxyl groups excluding tert-OH is 1. The summed E-state index contributed by atoms with van der Waals surface area (Å²) in [6.07, 6.45) is 3.76. The monoisotopic (exact) mass is 428 g/mol. The van der Waals surface area contributed by atoms with Gasteiger partial charge in [0.05, 0.1) is 44.5 Å². The number of hydrogen-bond donors (Lipinski definition) is 1. The Hall–Kier alpha value is -3.10. The van der Waals surface area contributed by atoms with Crippen LogP contribution in [0.25, 0.3) is 11.6 Å². The summed E-state index contributed by atoms with van der Waals surface area (Å²) in [7, 11) is 4.55. The van der Waals surface area contributed by atoms with E-state index in [0.717, 1.165) is 36.3 Å². The summed E-state index contributed by atoms with van der Waals surface area (Å²) in [6, 6.07) is 10.7. The van der Waals surface area contributed by atoms with Crippen LogP contribution in [0.4, 0.5) is 5.69 Å². The molecular weight excluding hydrogens is 400 g/mol. The van der Waals surface area contributed by atoms with Gasteiger partial charge in [0.2, 0.25) is 0 Å². The molecule has 0 aromatic heterocycles. The molecule has 1 saturated heterocycles. The first-order valence-electron chi connectivity index (χ1n) is 10.1.